The van der Waals surface area contributed by atoms with Crippen molar-refractivity contribution in [3.05, 3.63) is 169 Å². The van der Waals surface area contributed by atoms with E-state index in [1.54, 1.807) is 0 Å². The van der Waals surface area contributed by atoms with Crippen molar-refractivity contribution in [3.8, 4) is 33.9 Å². The molecule has 1 unspecified atom stereocenters. The molecule has 11 rings (SSSR count). The summed E-state index contributed by atoms with van der Waals surface area (Å²) in [4.78, 5) is 15.6. The summed E-state index contributed by atoms with van der Waals surface area (Å²) in [5.74, 6) is 1.88. The van der Waals surface area contributed by atoms with Crippen molar-refractivity contribution in [2.24, 2.45) is 5.41 Å². The summed E-state index contributed by atoms with van der Waals surface area (Å²) in [7, 11) is 0. The van der Waals surface area contributed by atoms with Crippen LogP contribution < -0.4 is 0 Å². The van der Waals surface area contributed by atoms with Crippen LogP contribution in [0.15, 0.2) is 172 Å². The van der Waals surface area contributed by atoms with Gasteiger partial charge in [0.15, 0.2) is 17.5 Å². The first kappa shape index (κ1) is 29.8. The summed E-state index contributed by atoms with van der Waals surface area (Å²) in [6, 6.07) is 41.7. The fraction of sp³-hybridized carbons (Fsp3) is 0.0625. The minimum atomic E-state index is -0.0407. The molecular weight excluding hydrogens is 651 g/mol. The highest BCUT2D eigenvalue weighted by molar-refractivity contribution is 6.17. The smallest absolute Gasteiger partial charge is 0.164 e. The predicted octanol–water partition coefficient (Wildman–Crippen LogP) is 12.7. The van der Waals surface area contributed by atoms with Gasteiger partial charge in [-0.2, -0.15) is 0 Å². The fourth-order valence-corrected chi connectivity index (χ4v) is 8.11. The summed E-state index contributed by atoms with van der Waals surface area (Å²) in [6.07, 6.45) is 14.1. The average Bonchev–Trinajstić information content (AvgIpc) is 3.79. The molecule has 2 aliphatic rings. The molecule has 5 nitrogen and oxygen atoms in total. The zero-order valence-corrected chi connectivity index (χ0v) is 28.9. The number of para-hydroxylation sites is 3. The van der Waals surface area contributed by atoms with Gasteiger partial charge in [0.25, 0.3) is 0 Å². The van der Waals surface area contributed by atoms with E-state index in [1.807, 2.05) is 30.3 Å². The summed E-state index contributed by atoms with van der Waals surface area (Å²) >= 11 is 0. The largest absolute Gasteiger partial charge is 0.455 e. The van der Waals surface area contributed by atoms with E-state index in [0.29, 0.717) is 17.5 Å². The zero-order chi connectivity index (χ0) is 35.1. The minimum absolute atomic E-state index is 0.0407. The lowest BCUT2D eigenvalue weighted by atomic mass is 9.73. The van der Waals surface area contributed by atoms with Gasteiger partial charge in [-0.15, -0.1) is 0 Å². The Morgan fingerprint density at radius 2 is 1.25 bits per heavy atom. The maximum Gasteiger partial charge on any atom is 0.164 e. The van der Waals surface area contributed by atoms with E-state index < -0.39 is 0 Å². The molecule has 53 heavy (non-hydrogen) atoms. The highest BCUT2D eigenvalue weighted by atomic mass is 16.3. The molecular formula is C48H31N3O2. The molecule has 3 aromatic heterocycles. The number of nitrogens with zero attached hydrogens (tertiary/aromatic N) is 3. The van der Waals surface area contributed by atoms with Crippen LogP contribution in [-0.2, 0) is 0 Å². The molecule has 250 valence electrons. The fourth-order valence-electron chi connectivity index (χ4n) is 8.11. The maximum absolute atomic E-state index is 6.76. The van der Waals surface area contributed by atoms with Gasteiger partial charge < -0.3 is 8.83 Å². The number of allylic oxidation sites excluding steroid dienone is 8. The highest BCUT2D eigenvalue weighted by Gasteiger charge is 2.29. The molecule has 2 aliphatic carbocycles. The van der Waals surface area contributed by atoms with Gasteiger partial charge in [0.2, 0.25) is 0 Å². The molecule has 5 heteroatoms. The second kappa shape index (κ2) is 11.3. The van der Waals surface area contributed by atoms with Crippen LogP contribution in [0.3, 0.4) is 0 Å². The molecule has 0 saturated carbocycles. The van der Waals surface area contributed by atoms with Gasteiger partial charge in [0.05, 0.1) is 0 Å². The first-order valence-electron chi connectivity index (χ1n) is 18.0. The van der Waals surface area contributed by atoms with Crippen molar-refractivity contribution in [1.29, 1.82) is 0 Å². The number of hydrogen-bond acceptors (Lipinski definition) is 5. The first-order valence-corrected chi connectivity index (χ1v) is 18.0. The number of fused-ring (bicyclic) bond motifs is 8. The van der Waals surface area contributed by atoms with E-state index in [2.05, 4.69) is 134 Å². The van der Waals surface area contributed by atoms with E-state index >= 15 is 0 Å². The second-order valence-corrected chi connectivity index (χ2v) is 14.2. The number of benzene rings is 6. The van der Waals surface area contributed by atoms with Crippen molar-refractivity contribution in [2.75, 3.05) is 0 Å². The Hall–Kier alpha value is -6.85. The Morgan fingerprint density at radius 3 is 2.15 bits per heavy atom. The second-order valence-electron chi connectivity index (χ2n) is 14.2. The van der Waals surface area contributed by atoms with E-state index in [9.17, 15) is 0 Å². The standard InChI is InChI=1S/C48H31N3O2/c1-48-25-7-6-13-33(48)28-32(24-26-48)46-49-45(31-23-22-29-11-2-3-12-30(29)27-31)50-47(51-46)39-19-10-21-41-42(39)38-18-9-17-37(44(38)53-41)36-16-8-15-35-34-14-4-5-20-40(34)52-43(35)36/h2-25,27-28H,26H2,1H3. The molecule has 3 heterocycles. The lowest BCUT2D eigenvalue weighted by molar-refractivity contribution is 0.528. The normalized spacial score (nSPS) is 16.8. The van der Waals surface area contributed by atoms with Crippen LogP contribution in [0.1, 0.15) is 19.2 Å². The summed E-state index contributed by atoms with van der Waals surface area (Å²) in [6.45, 7) is 2.28. The molecule has 0 aliphatic heterocycles. The van der Waals surface area contributed by atoms with Gasteiger partial charge in [0, 0.05) is 54.8 Å². The van der Waals surface area contributed by atoms with Crippen molar-refractivity contribution in [2.45, 2.75) is 13.3 Å². The van der Waals surface area contributed by atoms with Crippen molar-refractivity contribution < 1.29 is 8.83 Å². The van der Waals surface area contributed by atoms with Crippen molar-refractivity contribution in [1.82, 2.24) is 15.0 Å². The zero-order valence-electron chi connectivity index (χ0n) is 28.9. The van der Waals surface area contributed by atoms with Gasteiger partial charge in [-0.1, -0.05) is 140 Å². The summed E-state index contributed by atoms with van der Waals surface area (Å²) in [5.41, 5.74) is 9.27. The van der Waals surface area contributed by atoms with Gasteiger partial charge in [-0.05, 0) is 47.0 Å². The molecule has 0 saturated heterocycles. The molecule has 6 aromatic carbocycles. The Bertz CT molecular complexity index is 3120. The third kappa shape index (κ3) is 4.67. The summed E-state index contributed by atoms with van der Waals surface area (Å²) < 4.78 is 13.2. The van der Waals surface area contributed by atoms with Gasteiger partial charge >= 0.3 is 0 Å². The van der Waals surface area contributed by atoms with Gasteiger partial charge in [0.1, 0.15) is 22.3 Å². The van der Waals surface area contributed by atoms with Crippen molar-refractivity contribution in [3.63, 3.8) is 0 Å². The molecule has 0 bridgehead atoms. The Labute approximate surface area is 305 Å². The molecule has 0 fully saturated rings. The van der Waals surface area contributed by atoms with Crippen LogP contribution in [0, 0.1) is 5.41 Å². The van der Waals surface area contributed by atoms with Crippen LogP contribution in [0.5, 0.6) is 0 Å². The molecule has 0 N–H and O–H groups in total. The van der Waals surface area contributed by atoms with E-state index in [4.69, 9.17) is 23.8 Å². The number of rotatable bonds is 4. The van der Waals surface area contributed by atoms with Crippen LogP contribution in [0.25, 0.3) is 94.1 Å². The quantitative estimate of drug-likeness (QED) is 0.185. The minimum Gasteiger partial charge on any atom is -0.455 e. The first-order chi connectivity index (χ1) is 26.1. The van der Waals surface area contributed by atoms with Crippen LogP contribution in [0.2, 0.25) is 0 Å². The van der Waals surface area contributed by atoms with Crippen LogP contribution in [-0.4, -0.2) is 15.0 Å². The predicted molar refractivity (Wildman–Crippen MR) is 215 cm³/mol. The van der Waals surface area contributed by atoms with E-state index in [-0.39, 0.29) is 5.41 Å². The highest BCUT2D eigenvalue weighted by Crippen LogP contribution is 2.45. The molecule has 0 spiro atoms. The number of hydrogen-bond donors (Lipinski definition) is 0. The molecule has 9 aromatic rings. The lowest BCUT2D eigenvalue weighted by Gasteiger charge is -2.31. The SMILES string of the molecule is CC12C=CC=CC1=CC(c1nc(-c3ccc4ccccc4c3)nc(-c3cccc4oc5c(-c6cccc7c6oc6ccccc67)cccc5c34)n1)=CC2. The molecule has 0 radical (unpaired) electrons. The topological polar surface area (TPSA) is 65.0 Å². The van der Waals surface area contributed by atoms with E-state index in [1.165, 1.54) is 11.0 Å². The van der Waals surface area contributed by atoms with E-state index in [0.717, 1.165) is 83.5 Å². The third-order valence-electron chi connectivity index (χ3n) is 10.9. The number of furan rings is 2. The lowest BCUT2D eigenvalue weighted by Crippen LogP contribution is -2.19. The molecule has 1 atom stereocenters. The molecule has 0 amide bonds. The van der Waals surface area contributed by atoms with Crippen LogP contribution >= 0.6 is 0 Å². The average molecular weight is 682 g/mol. The van der Waals surface area contributed by atoms with Gasteiger partial charge in [-0.3, -0.25) is 0 Å². The van der Waals surface area contributed by atoms with Gasteiger partial charge in [-0.25, -0.2) is 15.0 Å². The van der Waals surface area contributed by atoms with Crippen LogP contribution in [0.4, 0.5) is 0 Å². The number of aromatic nitrogens is 3. The Kier molecular flexibility index (Phi) is 6.38. The van der Waals surface area contributed by atoms with Crippen molar-refractivity contribution >= 4 is 60.2 Å². The monoisotopic (exact) mass is 681 g/mol. The maximum atomic E-state index is 6.76. The Morgan fingerprint density at radius 1 is 0.566 bits per heavy atom. The summed E-state index contributed by atoms with van der Waals surface area (Å²) in [5, 5.41) is 6.44. The Balaban J connectivity index is 1.13. The third-order valence-corrected chi connectivity index (χ3v) is 10.9.